The van der Waals surface area contributed by atoms with E-state index in [9.17, 15) is 33.6 Å². The third kappa shape index (κ3) is 16.5. The summed E-state index contributed by atoms with van der Waals surface area (Å²) < 4.78 is 5.41. The standard InChI is InChI=1S/C39H55N7O8/c1-39(2,3)54-38(53)46-29-19-11-13-23-42-33(48)21-20-32(47)41-22-12-10-18-28(34(40)49)43-36(51)30(24-26-14-6-4-7-15-26)45-37(52)31(44-35(29)50)25-27-16-8-5-9-17-27/h4-9,14-17,28-31H,10-13,18-25H2,1-3H3,(H2,40,49)(H,41,47)(H,42,48)(H,43,51)(H,44,50)(H,45,52)(H,46,53)/t28-,29?,30-,31?/m0/s1. The Morgan fingerprint density at radius 3 is 1.63 bits per heavy atom. The molecule has 1 fully saturated rings. The van der Waals surface area contributed by atoms with Crippen LogP contribution in [0.4, 0.5) is 4.79 Å². The third-order valence-corrected chi connectivity index (χ3v) is 8.56. The number of rotatable bonds is 6. The van der Waals surface area contributed by atoms with Gasteiger partial charge in [-0.2, -0.15) is 0 Å². The van der Waals surface area contributed by atoms with Crippen molar-refractivity contribution in [2.24, 2.45) is 5.73 Å². The molecule has 1 saturated heterocycles. The van der Waals surface area contributed by atoms with Gasteiger partial charge in [0.2, 0.25) is 35.4 Å². The van der Waals surface area contributed by atoms with Crippen molar-refractivity contribution in [1.29, 1.82) is 0 Å². The first kappa shape index (κ1) is 42.9. The normalized spacial score (nSPS) is 22.2. The molecule has 0 aliphatic carbocycles. The summed E-state index contributed by atoms with van der Waals surface area (Å²) in [5.41, 5.74) is 6.28. The molecule has 8 N–H and O–H groups in total. The summed E-state index contributed by atoms with van der Waals surface area (Å²) in [6, 6.07) is 13.5. The number of nitrogens with one attached hydrogen (secondary N) is 6. The molecule has 0 spiro atoms. The maximum absolute atomic E-state index is 14.1. The van der Waals surface area contributed by atoms with Gasteiger partial charge < -0.3 is 42.4 Å². The van der Waals surface area contributed by atoms with Crippen molar-refractivity contribution in [3.63, 3.8) is 0 Å². The Morgan fingerprint density at radius 2 is 1.15 bits per heavy atom. The van der Waals surface area contributed by atoms with Gasteiger partial charge in [-0.1, -0.05) is 60.7 Å². The highest BCUT2D eigenvalue weighted by Gasteiger charge is 2.32. The second-order valence-corrected chi connectivity index (χ2v) is 14.4. The number of hydrogen-bond donors (Lipinski definition) is 7. The van der Waals surface area contributed by atoms with E-state index in [1.165, 1.54) is 0 Å². The summed E-state index contributed by atoms with van der Waals surface area (Å²) in [6.07, 6.45) is 1.43. The summed E-state index contributed by atoms with van der Waals surface area (Å²) >= 11 is 0. The largest absolute Gasteiger partial charge is 0.444 e. The Labute approximate surface area is 316 Å². The van der Waals surface area contributed by atoms with Crippen molar-refractivity contribution in [2.75, 3.05) is 13.1 Å². The molecule has 0 bridgehead atoms. The Morgan fingerprint density at radius 1 is 0.685 bits per heavy atom. The number of ether oxygens (including phenoxy) is 1. The molecule has 3 rings (SSSR count). The highest BCUT2D eigenvalue weighted by Crippen LogP contribution is 2.12. The first-order chi connectivity index (χ1) is 25.7. The van der Waals surface area contributed by atoms with Crippen LogP contribution in [0.2, 0.25) is 0 Å². The van der Waals surface area contributed by atoms with Crippen molar-refractivity contribution < 1.29 is 38.3 Å². The average molecular weight is 750 g/mol. The fourth-order valence-corrected chi connectivity index (χ4v) is 5.75. The minimum absolute atomic E-state index is 0.00741. The first-order valence-corrected chi connectivity index (χ1v) is 18.5. The molecule has 1 aliphatic rings. The van der Waals surface area contributed by atoms with Gasteiger partial charge in [0.25, 0.3) is 0 Å². The van der Waals surface area contributed by atoms with Gasteiger partial charge in [-0.25, -0.2) is 4.79 Å². The zero-order chi connectivity index (χ0) is 39.5. The minimum Gasteiger partial charge on any atom is -0.444 e. The molecule has 0 aromatic heterocycles. The summed E-state index contributed by atoms with van der Waals surface area (Å²) in [5.74, 6) is -3.33. The molecule has 15 nitrogen and oxygen atoms in total. The maximum atomic E-state index is 14.1. The van der Waals surface area contributed by atoms with E-state index in [1.807, 2.05) is 12.1 Å². The number of nitrogens with two attached hydrogens (primary N) is 1. The molecular formula is C39H55N7O8. The molecule has 2 aromatic carbocycles. The van der Waals surface area contributed by atoms with Crippen molar-refractivity contribution in [1.82, 2.24) is 31.9 Å². The lowest BCUT2D eigenvalue weighted by atomic mass is 10.0. The first-order valence-electron chi connectivity index (χ1n) is 18.5. The summed E-state index contributed by atoms with van der Waals surface area (Å²) in [6.45, 7) is 5.65. The van der Waals surface area contributed by atoms with Crippen LogP contribution in [0.5, 0.6) is 0 Å². The Hall–Kier alpha value is -5.47. The van der Waals surface area contributed by atoms with E-state index in [4.69, 9.17) is 10.5 Å². The van der Waals surface area contributed by atoms with Crippen molar-refractivity contribution in [3.05, 3.63) is 71.8 Å². The van der Waals surface area contributed by atoms with E-state index >= 15 is 0 Å². The lowest BCUT2D eigenvalue weighted by Crippen LogP contribution is -2.59. The number of hydrogen-bond acceptors (Lipinski definition) is 8. The van der Waals surface area contributed by atoms with E-state index in [2.05, 4.69) is 31.9 Å². The van der Waals surface area contributed by atoms with Crippen LogP contribution in [0.15, 0.2) is 60.7 Å². The van der Waals surface area contributed by atoms with Gasteiger partial charge in [0.15, 0.2) is 0 Å². The van der Waals surface area contributed by atoms with Crippen LogP contribution < -0.4 is 37.6 Å². The van der Waals surface area contributed by atoms with E-state index in [0.717, 1.165) is 11.1 Å². The molecule has 1 heterocycles. The topological polar surface area (TPSA) is 227 Å². The number of benzene rings is 2. The molecule has 0 radical (unpaired) electrons. The molecule has 15 heteroatoms. The second kappa shape index (κ2) is 21.9. The van der Waals surface area contributed by atoms with Crippen molar-refractivity contribution >= 4 is 41.5 Å². The molecule has 4 atom stereocenters. The number of primary amides is 1. The summed E-state index contributed by atoms with van der Waals surface area (Å²) in [5, 5.41) is 16.4. The van der Waals surface area contributed by atoms with Crippen LogP contribution in [-0.2, 0) is 46.3 Å². The van der Waals surface area contributed by atoms with E-state index < -0.39 is 59.5 Å². The lowest BCUT2D eigenvalue weighted by Gasteiger charge is -2.27. The number of carbonyl (C=O) groups excluding carboxylic acids is 7. The predicted molar refractivity (Wildman–Crippen MR) is 201 cm³/mol. The van der Waals surface area contributed by atoms with Gasteiger partial charge in [-0.05, 0) is 70.4 Å². The lowest BCUT2D eigenvalue weighted by molar-refractivity contribution is -0.133. The summed E-state index contributed by atoms with van der Waals surface area (Å²) in [7, 11) is 0. The van der Waals surface area contributed by atoms with Crippen LogP contribution in [-0.4, -0.2) is 84.4 Å². The minimum atomic E-state index is -1.18. The average Bonchev–Trinajstić information content (AvgIpc) is 3.11. The Kier molecular flexibility index (Phi) is 17.4. The molecule has 54 heavy (non-hydrogen) atoms. The Balaban J connectivity index is 1.94. The van der Waals surface area contributed by atoms with Crippen LogP contribution in [0.1, 0.15) is 83.3 Å². The second-order valence-electron chi connectivity index (χ2n) is 14.4. The van der Waals surface area contributed by atoms with E-state index in [0.29, 0.717) is 32.2 Å². The smallest absolute Gasteiger partial charge is 0.408 e. The molecule has 2 aromatic rings. The Bertz CT molecular complexity index is 1570. The van der Waals surface area contributed by atoms with E-state index in [-0.39, 0.29) is 56.9 Å². The van der Waals surface area contributed by atoms with Gasteiger partial charge in [0.05, 0.1) is 0 Å². The monoisotopic (exact) mass is 749 g/mol. The molecular weight excluding hydrogens is 694 g/mol. The molecule has 1 aliphatic heterocycles. The fraction of sp³-hybridized carbons (Fsp3) is 0.513. The summed E-state index contributed by atoms with van der Waals surface area (Å²) in [4.78, 5) is 91.7. The zero-order valence-electron chi connectivity index (χ0n) is 31.4. The molecule has 2 unspecified atom stereocenters. The highest BCUT2D eigenvalue weighted by atomic mass is 16.6. The van der Waals surface area contributed by atoms with Crippen LogP contribution in [0.3, 0.4) is 0 Å². The molecule has 294 valence electrons. The third-order valence-electron chi connectivity index (χ3n) is 8.56. The van der Waals surface area contributed by atoms with Crippen LogP contribution >= 0.6 is 0 Å². The number of carbonyl (C=O) groups is 7. The van der Waals surface area contributed by atoms with Gasteiger partial charge >= 0.3 is 6.09 Å². The van der Waals surface area contributed by atoms with Crippen LogP contribution in [0.25, 0.3) is 0 Å². The maximum Gasteiger partial charge on any atom is 0.408 e. The zero-order valence-corrected chi connectivity index (χ0v) is 31.4. The quantitative estimate of drug-likeness (QED) is 0.229. The van der Waals surface area contributed by atoms with Crippen molar-refractivity contribution in [3.8, 4) is 0 Å². The number of alkyl carbamates (subject to hydrolysis) is 1. The van der Waals surface area contributed by atoms with Crippen LogP contribution in [0, 0.1) is 0 Å². The van der Waals surface area contributed by atoms with Crippen molar-refractivity contribution in [2.45, 2.75) is 115 Å². The number of amides is 7. The molecule has 0 saturated carbocycles. The predicted octanol–water partition coefficient (Wildman–Crippen LogP) is 1.67. The van der Waals surface area contributed by atoms with Gasteiger partial charge in [0.1, 0.15) is 29.8 Å². The van der Waals surface area contributed by atoms with Gasteiger partial charge in [-0.15, -0.1) is 0 Å². The highest BCUT2D eigenvalue weighted by molar-refractivity contribution is 5.95. The molecule has 7 amide bonds. The fourth-order valence-electron chi connectivity index (χ4n) is 5.75. The van der Waals surface area contributed by atoms with Gasteiger partial charge in [-0.3, -0.25) is 28.8 Å². The van der Waals surface area contributed by atoms with Gasteiger partial charge in [0, 0.05) is 38.8 Å². The van der Waals surface area contributed by atoms with E-state index in [1.54, 1.807) is 69.3 Å². The SMILES string of the molecule is CC(C)(C)OC(=O)NC1CCCCNC(=O)CCC(=O)NCCCC[C@@H](C(N)=O)NC(=O)[C@H](Cc2ccccc2)NC(=O)C(Cc2ccccc2)NC1=O.